The molecule has 5 nitrogen and oxygen atoms in total. The molecule has 0 aliphatic carbocycles. The Morgan fingerprint density at radius 2 is 2.56 bits per heavy atom. The van der Waals surface area contributed by atoms with E-state index in [4.69, 9.17) is 9.47 Å². The molecule has 0 aromatic carbocycles. The third-order valence-electron chi connectivity index (χ3n) is 2.51. The minimum Gasteiger partial charge on any atom is -0.381 e. The second-order valence-electron chi connectivity index (χ2n) is 3.82. The molecule has 1 atom stereocenters. The lowest BCUT2D eigenvalue weighted by molar-refractivity contribution is 0.0775. The van der Waals surface area contributed by atoms with E-state index in [0.29, 0.717) is 12.5 Å². The van der Waals surface area contributed by atoms with Gasteiger partial charge in [-0.1, -0.05) is 4.49 Å². The molecule has 1 fully saturated rings. The summed E-state index contributed by atoms with van der Waals surface area (Å²) < 4.78 is 14.8. The van der Waals surface area contributed by atoms with Crippen molar-refractivity contribution in [3.63, 3.8) is 0 Å². The maximum Gasteiger partial charge on any atom is 0.135 e. The van der Waals surface area contributed by atoms with Crippen molar-refractivity contribution in [1.29, 1.82) is 0 Å². The summed E-state index contributed by atoms with van der Waals surface area (Å²) in [6.07, 6.45) is 1.11. The first-order chi connectivity index (χ1) is 7.90. The first-order valence-electron chi connectivity index (χ1n) is 5.60. The van der Waals surface area contributed by atoms with E-state index in [9.17, 15) is 0 Å². The number of nitrogens with zero attached hydrogens (tertiary/aromatic N) is 2. The van der Waals surface area contributed by atoms with Gasteiger partial charge >= 0.3 is 0 Å². The highest BCUT2D eigenvalue weighted by Gasteiger charge is 2.16. The summed E-state index contributed by atoms with van der Waals surface area (Å²) >= 11 is 1.38. The van der Waals surface area contributed by atoms with Crippen LogP contribution in [0.5, 0.6) is 0 Å². The molecular weight excluding hydrogens is 226 g/mol. The SMILES string of the molecule is CCNc1snnc1COCC1CCOC1. The summed E-state index contributed by atoms with van der Waals surface area (Å²) in [6.45, 7) is 5.93. The van der Waals surface area contributed by atoms with Crippen molar-refractivity contribution in [1.82, 2.24) is 9.59 Å². The standard InChI is InChI=1S/C10H17N3O2S/c1-2-11-10-9(12-13-16-10)7-15-6-8-3-4-14-5-8/h8,11H,2-7H2,1H3. The van der Waals surface area contributed by atoms with Crippen molar-refractivity contribution in [3.05, 3.63) is 5.69 Å². The molecule has 16 heavy (non-hydrogen) atoms. The summed E-state index contributed by atoms with van der Waals surface area (Å²) in [4.78, 5) is 0. The molecule has 6 heteroatoms. The van der Waals surface area contributed by atoms with Crippen LogP contribution in [0, 0.1) is 5.92 Å². The predicted octanol–water partition coefficient (Wildman–Crippen LogP) is 1.52. The largest absolute Gasteiger partial charge is 0.381 e. The van der Waals surface area contributed by atoms with Gasteiger partial charge in [-0.2, -0.15) is 0 Å². The number of ether oxygens (including phenoxy) is 2. The molecule has 1 saturated heterocycles. The molecule has 0 bridgehead atoms. The van der Waals surface area contributed by atoms with E-state index < -0.39 is 0 Å². The van der Waals surface area contributed by atoms with Gasteiger partial charge in [0, 0.05) is 30.6 Å². The van der Waals surface area contributed by atoms with Gasteiger partial charge in [-0.05, 0) is 13.3 Å². The fraction of sp³-hybridized carbons (Fsp3) is 0.800. The van der Waals surface area contributed by atoms with Gasteiger partial charge in [0.25, 0.3) is 0 Å². The van der Waals surface area contributed by atoms with Crippen molar-refractivity contribution < 1.29 is 9.47 Å². The normalized spacial score (nSPS) is 20.2. The van der Waals surface area contributed by atoms with Crippen LogP contribution in [0.25, 0.3) is 0 Å². The lowest BCUT2D eigenvalue weighted by Crippen LogP contribution is -2.10. The molecule has 1 aromatic heterocycles. The Kier molecular flexibility index (Phi) is 4.50. The van der Waals surface area contributed by atoms with E-state index in [1.54, 1.807) is 0 Å². The van der Waals surface area contributed by atoms with E-state index in [1.807, 2.05) is 0 Å². The molecule has 0 amide bonds. The Morgan fingerprint density at radius 3 is 3.31 bits per heavy atom. The van der Waals surface area contributed by atoms with Gasteiger partial charge in [0.2, 0.25) is 0 Å². The zero-order valence-corrected chi connectivity index (χ0v) is 10.3. The fourth-order valence-electron chi connectivity index (χ4n) is 1.63. The Morgan fingerprint density at radius 1 is 1.62 bits per heavy atom. The van der Waals surface area contributed by atoms with E-state index in [0.717, 1.165) is 43.5 Å². The van der Waals surface area contributed by atoms with Crippen LogP contribution in [0.2, 0.25) is 0 Å². The van der Waals surface area contributed by atoms with E-state index in [1.165, 1.54) is 11.5 Å². The number of rotatable bonds is 6. The molecule has 90 valence electrons. The fourth-order valence-corrected chi connectivity index (χ4v) is 2.27. The lowest BCUT2D eigenvalue weighted by Gasteiger charge is -2.08. The molecule has 0 spiro atoms. The summed E-state index contributed by atoms with van der Waals surface area (Å²) in [5.74, 6) is 0.550. The van der Waals surface area contributed by atoms with Crippen LogP contribution < -0.4 is 5.32 Å². The highest BCUT2D eigenvalue weighted by Crippen LogP contribution is 2.19. The highest BCUT2D eigenvalue weighted by atomic mass is 32.1. The van der Waals surface area contributed by atoms with Gasteiger partial charge in [0.15, 0.2) is 0 Å². The van der Waals surface area contributed by atoms with E-state index >= 15 is 0 Å². The second kappa shape index (κ2) is 6.12. The van der Waals surface area contributed by atoms with Crippen molar-refractivity contribution >= 4 is 16.5 Å². The smallest absolute Gasteiger partial charge is 0.135 e. The van der Waals surface area contributed by atoms with Gasteiger partial charge in [-0.3, -0.25) is 0 Å². The summed E-state index contributed by atoms with van der Waals surface area (Å²) in [5, 5.41) is 8.29. The summed E-state index contributed by atoms with van der Waals surface area (Å²) in [7, 11) is 0. The van der Waals surface area contributed by atoms with Crippen molar-refractivity contribution in [2.24, 2.45) is 5.92 Å². The van der Waals surface area contributed by atoms with Crippen LogP contribution in [0.1, 0.15) is 19.0 Å². The monoisotopic (exact) mass is 243 g/mol. The number of anilines is 1. The third-order valence-corrected chi connectivity index (χ3v) is 3.24. The molecule has 1 aliphatic rings. The average molecular weight is 243 g/mol. The van der Waals surface area contributed by atoms with E-state index in [-0.39, 0.29) is 0 Å². The molecule has 1 aromatic rings. The number of hydrogen-bond acceptors (Lipinski definition) is 6. The van der Waals surface area contributed by atoms with Gasteiger partial charge in [0.05, 0.1) is 19.8 Å². The minimum atomic E-state index is 0.537. The number of aromatic nitrogens is 2. The molecule has 1 N–H and O–H groups in total. The number of hydrogen-bond donors (Lipinski definition) is 1. The molecule has 1 unspecified atom stereocenters. The third kappa shape index (κ3) is 3.13. The van der Waals surface area contributed by atoms with Crippen LogP contribution >= 0.6 is 11.5 Å². The summed E-state index contributed by atoms with van der Waals surface area (Å²) in [5.41, 5.74) is 0.908. The maximum atomic E-state index is 5.63. The Bertz CT molecular complexity index is 313. The predicted molar refractivity (Wildman–Crippen MR) is 62.7 cm³/mol. The minimum absolute atomic E-state index is 0.537. The first kappa shape index (κ1) is 11.8. The molecule has 1 aliphatic heterocycles. The zero-order valence-electron chi connectivity index (χ0n) is 9.44. The van der Waals surface area contributed by atoms with Gasteiger partial charge in [-0.25, -0.2) is 0 Å². The second-order valence-corrected chi connectivity index (χ2v) is 4.58. The first-order valence-corrected chi connectivity index (χ1v) is 6.38. The Hall–Kier alpha value is -0.720. The van der Waals surface area contributed by atoms with Crippen molar-refractivity contribution in [3.8, 4) is 0 Å². The van der Waals surface area contributed by atoms with E-state index in [2.05, 4.69) is 21.8 Å². The number of nitrogens with one attached hydrogen (secondary N) is 1. The molecule has 2 rings (SSSR count). The van der Waals surface area contributed by atoms with Crippen molar-refractivity contribution in [2.45, 2.75) is 20.0 Å². The lowest BCUT2D eigenvalue weighted by atomic mass is 10.1. The Balaban J connectivity index is 1.73. The van der Waals surface area contributed by atoms with Crippen LogP contribution in [-0.4, -0.2) is 36.0 Å². The van der Waals surface area contributed by atoms with Crippen molar-refractivity contribution in [2.75, 3.05) is 31.7 Å². The van der Waals surface area contributed by atoms with Crippen LogP contribution in [0.3, 0.4) is 0 Å². The van der Waals surface area contributed by atoms with Gasteiger partial charge in [-0.15, -0.1) is 5.10 Å². The molecule has 0 saturated carbocycles. The van der Waals surface area contributed by atoms with Crippen LogP contribution in [0.15, 0.2) is 0 Å². The molecule has 2 heterocycles. The molecular formula is C10H17N3O2S. The van der Waals surface area contributed by atoms with Crippen LogP contribution in [-0.2, 0) is 16.1 Å². The maximum absolute atomic E-state index is 5.63. The average Bonchev–Trinajstić information content (AvgIpc) is 2.91. The quantitative estimate of drug-likeness (QED) is 0.821. The topological polar surface area (TPSA) is 56.3 Å². The van der Waals surface area contributed by atoms with Crippen LogP contribution in [0.4, 0.5) is 5.00 Å². The van der Waals surface area contributed by atoms with Gasteiger partial charge in [0.1, 0.15) is 10.7 Å². The molecule has 0 radical (unpaired) electrons. The highest BCUT2D eigenvalue weighted by molar-refractivity contribution is 7.10. The zero-order chi connectivity index (χ0) is 11.2. The Labute approximate surface area is 99.3 Å². The summed E-state index contributed by atoms with van der Waals surface area (Å²) in [6, 6.07) is 0. The van der Waals surface area contributed by atoms with Gasteiger partial charge < -0.3 is 14.8 Å².